The second-order valence-electron chi connectivity index (χ2n) is 5.15. The molecule has 0 atom stereocenters. The molecule has 2 aromatic carbocycles. The van der Waals surface area contributed by atoms with E-state index < -0.39 is 0 Å². The minimum absolute atomic E-state index is 0.637. The summed E-state index contributed by atoms with van der Waals surface area (Å²) in [6, 6.07) is 15.7. The molecule has 3 nitrogen and oxygen atoms in total. The van der Waals surface area contributed by atoms with Crippen molar-refractivity contribution in [3.63, 3.8) is 0 Å². The van der Waals surface area contributed by atoms with Crippen molar-refractivity contribution in [1.29, 1.82) is 0 Å². The molecule has 0 aliphatic heterocycles. The van der Waals surface area contributed by atoms with Crippen LogP contribution in [0.3, 0.4) is 0 Å². The average Bonchev–Trinajstić information content (AvgIpc) is 2.54. The fraction of sp³-hybridized carbons (Fsp3) is 0.333. The van der Waals surface area contributed by atoms with Crippen LogP contribution in [0.4, 0.5) is 5.69 Å². The molecule has 4 heteroatoms. The van der Waals surface area contributed by atoms with Crippen molar-refractivity contribution < 1.29 is 4.74 Å². The molecule has 118 valence electrons. The predicted octanol–water partition coefficient (Wildman–Crippen LogP) is 5.03. The quantitative estimate of drug-likeness (QED) is 0.503. The standard InChI is InChI=1S/C18H23ClN2O/c1-2-3-7-12-22-18-11-10-16(19)13-15(18)14-20-21-17-8-5-4-6-9-17/h4-6,8-11,13,20-21H,2-3,7,12,14H2,1H3. The van der Waals surface area contributed by atoms with Crippen molar-refractivity contribution in [2.45, 2.75) is 32.7 Å². The van der Waals surface area contributed by atoms with Gasteiger partial charge in [0, 0.05) is 22.8 Å². The molecular weight excluding hydrogens is 296 g/mol. The Bertz CT molecular complexity index is 560. The molecule has 0 unspecified atom stereocenters. The predicted molar refractivity (Wildman–Crippen MR) is 93.4 cm³/mol. The average molecular weight is 319 g/mol. The summed E-state index contributed by atoms with van der Waals surface area (Å²) in [7, 11) is 0. The van der Waals surface area contributed by atoms with Gasteiger partial charge in [-0.3, -0.25) is 0 Å². The van der Waals surface area contributed by atoms with Gasteiger partial charge in [-0.2, -0.15) is 0 Å². The van der Waals surface area contributed by atoms with Crippen LogP contribution < -0.4 is 15.6 Å². The van der Waals surface area contributed by atoms with E-state index in [1.165, 1.54) is 12.8 Å². The van der Waals surface area contributed by atoms with Gasteiger partial charge < -0.3 is 10.2 Å². The molecule has 0 aliphatic rings. The number of nitrogens with one attached hydrogen (secondary N) is 2. The molecule has 0 saturated heterocycles. The van der Waals surface area contributed by atoms with E-state index in [0.717, 1.165) is 35.1 Å². The number of hydrazine groups is 1. The Labute approximate surface area is 137 Å². The maximum atomic E-state index is 6.09. The molecule has 0 fully saturated rings. The van der Waals surface area contributed by atoms with Crippen molar-refractivity contribution in [2.75, 3.05) is 12.0 Å². The summed E-state index contributed by atoms with van der Waals surface area (Å²) >= 11 is 6.09. The van der Waals surface area contributed by atoms with Crippen molar-refractivity contribution in [3.8, 4) is 5.75 Å². The van der Waals surface area contributed by atoms with Crippen LogP contribution in [0.15, 0.2) is 48.5 Å². The van der Waals surface area contributed by atoms with Crippen molar-refractivity contribution in [2.24, 2.45) is 0 Å². The maximum Gasteiger partial charge on any atom is 0.123 e. The van der Waals surface area contributed by atoms with Crippen molar-refractivity contribution >= 4 is 17.3 Å². The van der Waals surface area contributed by atoms with E-state index in [9.17, 15) is 0 Å². The first kappa shape index (κ1) is 16.7. The summed E-state index contributed by atoms with van der Waals surface area (Å²) in [5.41, 5.74) is 8.44. The van der Waals surface area contributed by atoms with Crippen LogP contribution in [0.1, 0.15) is 31.7 Å². The molecular formula is C18H23ClN2O. The number of hydrogen-bond acceptors (Lipinski definition) is 3. The smallest absolute Gasteiger partial charge is 0.123 e. The largest absolute Gasteiger partial charge is 0.493 e. The van der Waals surface area contributed by atoms with E-state index in [0.29, 0.717) is 6.54 Å². The lowest BCUT2D eigenvalue weighted by atomic mass is 10.2. The van der Waals surface area contributed by atoms with E-state index in [2.05, 4.69) is 17.8 Å². The molecule has 2 rings (SSSR count). The van der Waals surface area contributed by atoms with Crippen molar-refractivity contribution in [3.05, 3.63) is 59.1 Å². The zero-order valence-electron chi connectivity index (χ0n) is 12.9. The third-order valence-electron chi connectivity index (χ3n) is 3.31. The van der Waals surface area contributed by atoms with Gasteiger partial charge in [-0.15, -0.1) is 0 Å². The second-order valence-corrected chi connectivity index (χ2v) is 5.59. The summed E-state index contributed by atoms with van der Waals surface area (Å²) in [6.07, 6.45) is 3.46. The Kier molecular flexibility index (Phi) is 7.07. The van der Waals surface area contributed by atoms with Crippen LogP contribution in [0.25, 0.3) is 0 Å². The lowest BCUT2D eigenvalue weighted by Gasteiger charge is -2.14. The van der Waals surface area contributed by atoms with Crippen LogP contribution in [-0.4, -0.2) is 6.61 Å². The highest BCUT2D eigenvalue weighted by Gasteiger charge is 2.05. The normalized spacial score (nSPS) is 10.5. The van der Waals surface area contributed by atoms with Crippen LogP contribution in [-0.2, 0) is 6.54 Å². The fourth-order valence-electron chi connectivity index (χ4n) is 2.12. The fourth-order valence-corrected chi connectivity index (χ4v) is 2.32. The number of hydrogen-bond donors (Lipinski definition) is 2. The molecule has 0 radical (unpaired) electrons. The summed E-state index contributed by atoms with van der Waals surface area (Å²) in [4.78, 5) is 0. The molecule has 0 bridgehead atoms. The molecule has 0 aliphatic carbocycles. The van der Waals surface area contributed by atoms with Crippen LogP contribution in [0.5, 0.6) is 5.75 Å². The van der Waals surface area contributed by atoms with Gasteiger partial charge in [0.15, 0.2) is 0 Å². The first-order valence-corrected chi connectivity index (χ1v) is 8.12. The van der Waals surface area contributed by atoms with E-state index in [1.807, 2.05) is 48.5 Å². The second kappa shape index (κ2) is 9.34. The monoisotopic (exact) mass is 318 g/mol. The number of halogens is 1. The topological polar surface area (TPSA) is 33.3 Å². The number of unbranched alkanes of at least 4 members (excludes halogenated alkanes) is 2. The van der Waals surface area contributed by atoms with E-state index in [-0.39, 0.29) is 0 Å². The lowest BCUT2D eigenvalue weighted by Crippen LogP contribution is -2.21. The molecule has 22 heavy (non-hydrogen) atoms. The summed E-state index contributed by atoms with van der Waals surface area (Å²) in [5, 5.41) is 0.720. The summed E-state index contributed by atoms with van der Waals surface area (Å²) < 4.78 is 5.87. The maximum absolute atomic E-state index is 6.09. The Balaban J connectivity index is 1.89. The van der Waals surface area contributed by atoms with Crippen LogP contribution in [0.2, 0.25) is 5.02 Å². The van der Waals surface area contributed by atoms with Crippen LogP contribution in [0, 0.1) is 0 Å². The Morgan fingerprint density at radius 2 is 1.86 bits per heavy atom. The molecule has 2 aromatic rings. The molecule has 0 heterocycles. The minimum Gasteiger partial charge on any atom is -0.493 e. The summed E-state index contributed by atoms with van der Waals surface area (Å²) in [6.45, 7) is 3.57. The molecule has 0 spiro atoms. The van der Waals surface area contributed by atoms with E-state index in [4.69, 9.17) is 16.3 Å². The first-order valence-electron chi connectivity index (χ1n) is 7.74. The lowest BCUT2D eigenvalue weighted by molar-refractivity contribution is 0.303. The minimum atomic E-state index is 0.637. The number of anilines is 1. The Morgan fingerprint density at radius 1 is 1.05 bits per heavy atom. The van der Waals surface area contributed by atoms with E-state index >= 15 is 0 Å². The molecule has 0 amide bonds. The van der Waals surface area contributed by atoms with Gasteiger partial charge in [0.2, 0.25) is 0 Å². The Morgan fingerprint density at radius 3 is 2.64 bits per heavy atom. The SMILES string of the molecule is CCCCCOc1ccc(Cl)cc1CNNc1ccccc1. The number of benzene rings is 2. The zero-order valence-corrected chi connectivity index (χ0v) is 13.7. The number of ether oxygens (including phenoxy) is 1. The third-order valence-corrected chi connectivity index (χ3v) is 3.55. The van der Waals surface area contributed by atoms with Gasteiger partial charge in [-0.05, 0) is 36.8 Å². The Hall–Kier alpha value is -1.71. The molecule has 2 N–H and O–H groups in total. The molecule has 0 saturated carbocycles. The van der Waals surface area contributed by atoms with Gasteiger partial charge in [-0.1, -0.05) is 49.6 Å². The highest BCUT2D eigenvalue weighted by atomic mass is 35.5. The first-order chi connectivity index (χ1) is 10.8. The summed E-state index contributed by atoms with van der Waals surface area (Å²) in [5.74, 6) is 0.892. The van der Waals surface area contributed by atoms with Gasteiger partial charge in [0.1, 0.15) is 5.75 Å². The zero-order chi connectivity index (χ0) is 15.6. The molecule has 0 aromatic heterocycles. The van der Waals surface area contributed by atoms with Gasteiger partial charge >= 0.3 is 0 Å². The van der Waals surface area contributed by atoms with E-state index in [1.54, 1.807) is 0 Å². The number of rotatable bonds is 9. The number of para-hydroxylation sites is 1. The highest BCUT2D eigenvalue weighted by Crippen LogP contribution is 2.23. The van der Waals surface area contributed by atoms with Gasteiger partial charge in [0.25, 0.3) is 0 Å². The van der Waals surface area contributed by atoms with Crippen molar-refractivity contribution in [1.82, 2.24) is 5.43 Å². The van der Waals surface area contributed by atoms with Crippen LogP contribution >= 0.6 is 11.6 Å². The third kappa shape index (κ3) is 5.58. The highest BCUT2D eigenvalue weighted by molar-refractivity contribution is 6.30. The van der Waals surface area contributed by atoms with Gasteiger partial charge in [-0.25, -0.2) is 5.43 Å². The van der Waals surface area contributed by atoms with Gasteiger partial charge in [0.05, 0.1) is 6.61 Å².